The fourth-order valence-corrected chi connectivity index (χ4v) is 3.30. The van der Waals surface area contributed by atoms with Crippen molar-refractivity contribution < 1.29 is 22.7 Å². The van der Waals surface area contributed by atoms with E-state index in [0.29, 0.717) is 21.4 Å². The molecule has 3 aromatic carbocycles. The molecule has 0 saturated heterocycles. The van der Waals surface area contributed by atoms with E-state index in [2.05, 4.69) is 26.5 Å². The molecule has 10 heteroatoms. The Balaban J connectivity index is 1.70. The molecule has 0 atom stereocenters. The zero-order valence-corrected chi connectivity index (χ0v) is 19.2. The molecule has 0 aliphatic carbocycles. The minimum atomic E-state index is -4.55. The normalized spacial score (nSPS) is 11.6. The first-order chi connectivity index (χ1) is 15.1. The summed E-state index contributed by atoms with van der Waals surface area (Å²) in [7, 11) is 0. The predicted octanol–water partition coefficient (Wildman–Crippen LogP) is 7.12. The largest absolute Gasteiger partial charge is 0.488 e. The van der Waals surface area contributed by atoms with Crippen LogP contribution >= 0.6 is 39.1 Å². The van der Waals surface area contributed by atoms with Crippen molar-refractivity contribution in [1.82, 2.24) is 5.43 Å². The first kappa shape index (κ1) is 24.1. The van der Waals surface area contributed by atoms with Crippen LogP contribution in [0, 0.1) is 0 Å². The maximum absolute atomic E-state index is 12.8. The number of alkyl halides is 3. The van der Waals surface area contributed by atoms with E-state index >= 15 is 0 Å². The van der Waals surface area contributed by atoms with Gasteiger partial charge in [-0.25, -0.2) is 5.43 Å². The number of hydrazone groups is 1. The van der Waals surface area contributed by atoms with Crippen LogP contribution in [-0.4, -0.2) is 12.1 Å². The molecule has 0 bridgehead atoms. The Kier molecular flexibility index (Phi) is 7.82. The summed E-state index contributed by atoms with van der Waals surface area (Å²) in [5.41, 5.74) is 2.46. The summed E-state index contributed by atoms with van der Waals surface area (Å²) in [6, 6.07) is 14.4. The lowest BCUT2D eigenvalue weighted by Gasteiger charge is -2.10. The predicted molar refractivity (Wildman–Crippen MR) is 121 cm³/mol. The summed E-state index contributed by atoms with van der Waals surface area (Å²) >= 11 is 15.3. The molecule has 0 aliphatic rings. The fraction of sp³-hybridized carbons (Fsp3) is 0.0909. The van der Waals surface area contributed by atoms with Crippen LogP contribution < -0.4 is 10.2 Å². The number of halogens is 6. The zero-order valence-electron chi connectivity index (χ0n) is 16.1. The van der Waals surface area contributed by atoms with Gasteiger partial charge in [-0.3, -0.25) is 4.79 Å². The third-order valence-corrected chi connectivity index (χ3v) is 5.40. The standard InChI is InChI=1S/C22H14BrCl2F3N2O2/c23-17-5-7-20(32-12-13-4-6-18(24)19(25)8-13)15(10-17)11-29-30-21(31)14-2-1-3-16(9-14)22(26,27)28/h1-11H,12H2,(H,30,31)/b29-11-. The molecule has 0 aliphatic heterocycles. The summed E-state index contributed by atoms with van der Waals surface area (Å²) in [5.74, 6) is -0.308. The molecule has 166 valence electrons. The van der Waals surface area contributed by atoms with Crippen molar-refractivity contribution in [2.75, 3.05) is 0 Å². The SMILES string of the molecule is O=C(N/N=C\c1cc(Br)ccc1OCc1ccc(Cl)c(Cl)c1)c1cccc(C(F)(F)F)c1. The minimum Gasteiger partial charge on any atom is -0.488 e. The molecule has 0 spiro atoms. The molecular formula is C22H14BrCl2F3N2O2. The van der Waals surface area contributed by atoms with Gasteiger partial charge >= 0.3 is 6.18 Å². The van der Waals surface area contributed by atoms with Gasteiger partial charge in [0.1, 0.15) is 12.4 Å². The van der Waals surface area contributed by atoms with E-state index in [1.807, 2.05) is 0 Å². The lowest BCUT2D eigenvalue weighted by Crippen LogP contribution is -2.18. The van der Waals surface area contributed by atoms with Crippen LogP contribution in [0.1, 0.15) is 27.0 Å². The fourth-order valence-electron chi connectivity index (χ4n) is 2.60. The van der Waals surface area contributed by atoms with Crippen molar-refractivity contribution in [3.05, 3.63) is 97.4 Å². The number of amides is 1. The molecule has 0 fully saturated rings. The van der Waals surface area contributed by atoms with Crippen LogP contribution in [0.3, 0.4) is 0 Å². The van der Waals surface area contributed by atoms with Crippen molar-refractivity contribution in [3.63, 3.8) is 0 Å². The molecule has 0 radical (unpaired) electrons. The Hall–Kier alpha value is -2.55. The van der Waals surface area contributed by atoms with E-state index in [1.165, 1.54) is 12.3 Å². The summed E-state index contributed by atoms with van der Waals surface area (Å²) in [5, 5.41) is 4.69. The van der Waals surface area contributed by atoms with Crippen molar-refractivity contribution in [2.45, 2.75) is 12.8 Å². The van der Waals surface area contributed by atoms with Crippen molar-refractivity contribution in [3.8, 4) is 5.75 Å². The minimum absolute atomic E-state index is 0.165. The molecule has 0 heterocycles. The van der Waals surface area contributed by atoms with Gasteiger partial charge in [0.2, 0.25) is 0 Å². The topological polar surface area (TPSA) is 50.7 Å². The smallest absolute Gasteiger partial charge is 0.416 e. The van der Waals surface area contributed by atoms with Gasteiger partial charge in [0.15, 0.2) is 0 Å². The van der Waals surface area contributed by atoms with Crippen LogP contribution in [-0.2, 0) is 12.8 Å². The number of hydrogen-bond donors (Lipinski definition) is 1. The Morgan fingerprint density at radius 3 is 2.56 bits per heavy atom. The van der Waals surface area contributed by atoms with Crippen LogP contribution in [0.4, 0.5) is 13.2 Å². The first-order valence-electron chi connectivity index (χ1n) is 9.00. The van der Waals surface area contributed by atoms with Gasteiger partial charge in [-0.15, -0.1) is 0 Å². The number of nitrogens with zero attached hydrogens (tertiary/aromatic N) is 1. The van der Waals surface area contributed by atoms with Gasteiger partial charge in [0.05, 0.1) is 21.8 Å². The number of carbonyl (C=O) groups excluding carboxylic acids is 1. The average molecular weight is 546 g/mol. The second-order valence-corrected chi connectivity index (χ2v) is 8.23. The monoisotopic (exact) mass is 544 g/mol. The highest BCUT2D eigenvalue weighted by Gasteiger charge is 2.30. The third-order valence-electron chi connectivity index (χ3n) is 4.17. The number of benzene rings is 3. The molecular weight excluding hydrogens is 532 g/mol. The summed E-state index contributed by atoms with van der Waals surface area (Å²) in [6.07, 6.45) is -3.21. The summed E-state index contributed by atoms with van der Waals surface area (Å²) in [4.78, 5) is 12.2. The van der Waals surface area contributed by atoms with E-state index in [9.17, 15) is 18.0 Å². The Bertz CT molecular complexity index is 1170. The molecule has 1 amide bonds. The molecule has 32 heavy (non-hydrogen) atoms. The third kappa shape index (κ3) is 6.48. The maximum Gasteiger partial charge on any atom is 0.416 e. The lowest BCUT2D eigenvalue weighted by molar-refractivity contribution is -0.137. The molecule has 0 unspecified atom stereocenters. The Morgan fingerprint density at radius 2 is 1.84 bits per heavy atom. The van der Waals surface area contributed by atoms with E-state index in [4.69, 9.17) is 27.9 Å². The maximum atomic E-state index is 12.8. The van der Waals surface area contributed by atoms with Crippen molar-refractivity contribution in [2.24, 2.45) is 5.10 Å². The second-order valence-electron chi connectivity index (χ2n) is 6.50. The second kappa shape index (κ2) is 10.4. The van der Waals surface area contributed by atoms with Gasteiger partial charge in [-0.05, 0) is 54.1 Å². The number of hydrogen-bond acceptors (Lipinski definition) is 3. The number of rotatable bonds is 6. The number of ether oxygens (including phenoxy) is 1. The Labute approximate surface area is 200 Å². The van der Waals surface area contributed by atoms with Gasteiger partial charge < -0.3 is 4.74 Å². The number of nitrogens with one attached hydrogen (secondary N) is 1. The number of carbonyl (C=O) groups is 1. The summed E-state index contributed by atoms with van der Waals surface area (Å²) in [6.45, 7) is 0.204. The molecule has 0 aromatic heterocycles. The molecule has 4 nitrogen and oxygen atoms in total. The van der Waals surface area contributed by atoms with Gasteiger partial charge in [-0.1, -0.05) is 51.3 Å². The molecule has 1 N–H and O–H groups in total. The van der Waals surface area contributed by atoms with E-state index < -0.39 is 17.6 Å². The quantitative estimate of drug-likeness (QED) is 0.265. The molecule has 3 rings (SSSR count). The van der Waals surface area contributed by atoms with Gasteiger partial charge in [0.25, 0.3) is 5.91 Å². The molecule has 0 saturated carbocycles. The van der Waals surface area contributed by atoms with Crippen molar-refractivity contribution in [1.29, 1.82) is 0 Å². The first-order valence-corrected chi connectivity index (χ1v) is 10.6. The lowest BCUT2D eigenvalue weighted by atomic mass is 10.1. The molecule has 3 aromatic rings. The van der Waals surface area contributed by atoms with Gasteiger partial charge in [0, 0.05) is 15.6 Å². The highest BCUT2D eigenvalue weighted by molar-refractivity contribution is 9.10. The van der Waals surface area contributed by atoms with E-state index in [1.54, 1.807) is 36.4 Å². The van der Waals surface area contributed by atoms with Crippen LogP contribution in [0.5, 0.6) is 5.75 Å². The van der Waals surface area contributed by atoms with Crippen LogP contribution in [0.25, 0.3) is 0 Å². The average Bonchev–Trinajstić information content (AvgIpc) is 2.75. The summed E-state index contributed by atoms with van der Waals surface area (Å²) < 4.78 is 45.0. The highest BCUT2D eigenvalue weighted by atomic mass is 79.9. The van der Waals surface area contributed by atoms with Crippen molar-refractivity contribution >= 4 is 51.3 Å². The zero-order chi connectivity index (χ0) is 23.3. The van der Waals surface area contributed by atoms with Crippen LogP contribution in [0.2, 0.25) is 10.0 Å². The Morgan fingerprint density at radius 1 is 1.06 bits per heavy atom. The van der Waals surface area contributed by atoms with E-state index in [-0.39, 0.29) is 12.2 Å². The van der Waals surface area contributed by atoms with Gasteiger partial charge in [-0.2, -0.15) is 18.3 Å². The van der Waals surface area contributed by atoms with Crippen LogP contribution in [0.15, 0.2) is 70.2 Å². The van der Waals surface area contributed by atoms with E-state index in [0.717, 1.165) is 28.2 Å². The highest BCUT2D eigenvalue weighted by Crippen LogP contribution is 2.29.